The number of carbonyl (C=O) groups is 1. The molecule has 1 N–H and O–H groups in total. The van der Waals surface area contributed by atoms with Gasteiger partial charge in [0.25, 0.3) is 5.91 Å². The fourth-order valence-electron chi connectivity index (χ4n) is 3.40. The van der Waals surface area contributed by atoms with Crippen molar-refractivity contribution in [3.05, 3.63) is 59.4 Å². The number of amides is 1. The van der Waals surface area contributed by atoms with E-state index in [0.29, 0.717) is 11.6 Å². The van der Waals surface area contributed by atoms with Crippen molar-refractivity contribution in [3.63, 3.8) is 0 Å². The van der Waals surface area contributed by atoms with Crippen LogP contribution in [-0.4, -0.2) is 29.7 Å². The van der Waals surface area contributed by atoms with Crippen LogP contribution in [0, 0.1) is 0 Å². The Morgan fingerprint density at radius 1 is 1.36 bits per heavy atom. The summed E-state index contributed by atoms with van der Waals surface area (Å²) < 4.78 is 0. The minimum atomic E-state index is -0.315. The van der Waals surface area contributed by atoms with Crippen LogP contribution in [0.5, 0.6) is 0 Å². The molecular formula is C20H24N4O. The molecule has 1 aliphatic heterocycles. The van der Waals surface area contributed by atoms with Crippen LogP contribution in [0.1, 0.15) is 54.7 Å². The molecule has 25 heavy (non-hydrogen) atoms. The molecule has 5 nitrogen and oxygen atoms in total. The van der Waals surface area contributed by atoms with E-state index in [1.807, 2.05) is 6.07 Å². The predicted octanol–water partition coefficient (Wildman–Crippen LogP) is 3.57. The van der Waals surface area contributed by atoms with Gasteiger partial charge < -0.3 is 4.90 Å². The van der Waals surface area contributed by atoms with E-state index in [2.05, 4.69) is 60.4 Å². The van der Waals surface area contributed by atoms with E-state index in [4.69, 9.17) is 0 Å². The fraction of sp³-hybridized carbons (Fsp3) is 0.350. The summed E-state index contributed by atoms with van der Waals surface area (Å²) in [6.07, 6.45) is 4.36. The van der Waals surface area contributed by atoms with Gasteiger partial charge in [-0.05, 0) is 61.6 Å². The standard InChI is InChI=1S/C20H24N4O/c1-14-12-20(2,3)24(4)18-9-8-15(11-16(14)18)13-22-23-19(25)17-7-5-6-10-21-17/h5-11,13-14H,12H2,1-4H3,(H,23,25)/b22-13-/t14-/m0/s1. The van der Waals surface area contributed by atoms with Gasteiger partial charge in [-0.15, -0.1) is 0 Å². The number of nitrogens with zero attached hydrogens (tertiary/aromatic N) is 3. The van der Waals surface area contributed by atoms with Crippen LogP contribution in [0.25, 0.3) is 0 Å². The number of nitrogens with one attached hydrogen (secondary N) is 1. The number of fused-ring (bicyclic) bond motifs is 1. The van der Waals surface area contributed by atoms with E-state index in [-0.39, 0.29) is 11.4 Å². The number of anilines is 1. The first-order chi connectivity index (χ1) is 11.9. The second kappa shape index (κ2) is 6.67. The third-order valence-electron chi connectivity index (χ3n) is 4.93. The largest absolute Gasteiger partial charge is 0.369 e. The Hall–Kier alpha value is -2.69. The Bertz CT molecular complexity index is 799. The molecular weight excluding hydrogens is 312 g/mol. The van der Waals surface area contributed by atoms with Gasteiger partial charge in [0.05, 0.1) is 6.21 Å². The zero-order chi connectivity index (χ0) is 18.0. The second-order valence-electron chi connectivity index (χ2n) is 7.21. The number of hydrogen-bond acceptors (Lipinski definition) is 4. The van der Waals surface area contributed by atoms with Gasteiger partial charge in [-0.1, -0.05) is 19.1 Å². The van der Waals surface area contributed by atoms with Crippen molar-refractivity contribution in [2.45, 2.75) is 38.6 Å². The van der Waals surface area contributed by atoms with E-state index >= 15 is 0 Å². The van der Waals surface area contributed by atoms with E-state index in [0.717, 1.165) is 12.0 Å². The Kier molecular flexibility index (Phi) is 4.57. The number of pyridine rings is 1. The van der Waals surface area contributed by atoms with Gasteiger partial charge in [0.1, 0.15) is 5.69 Å². The molecule has 0 radical (unpaired) electrons. The van der Waals surface area contributed by atoms with E-state index in [9.17, 15) is 4.79 Å². The zero-order valence-electron chi connectivity index (χ0n) is 15.2. The van der Waals surface area contributed by atoms with Crippen LogP contribution in [0.3, 0.4) is 0 Å². The number of carbonyl (C=O) groups excluding carboxylic acids is 1. The van der Waals surface area contributed by atoms with E-state index in [1.165, 1.54) is 11.3 Å². The molecule has 0 spiro atoms. The number of hydrazone groups is 1. The van der Waals surface area contributed by atoms with E-state index < -0.39 is 0 Å². The van der Waals surface area contributed by atoms with Crippen LogP contribution in [0.4, 0.5) is 5.69 Å². The molecule has 0 unspecified atom stereocenters. The average molecular weight is 336 g/mol. The Balaban J connectivity index is 1.75. The van der Waals surface area contributed by atoms with Gasteiger partial charge in [-0.3, -0.25) is 9.78 Å². The normalized spacial score (nSPS) is 18.9. The maximum atomic E-state index is 11.9. The lowest BCUT2D eigenvalue weighted by Crippen LogP contribution is -2.45. The third kappa shape index (κ3) is 3.55. The first-order valence-corrected chi connectivity index (χ1v) is 8.51. The average Bonchev–Trinajstić information content (AvgIpc) is 2.60. The van der Waals surface area contributed by atoms with Gasteiger partial charge in [0.2, 0.25) is 0 Å². The number of benzene rings is 1. The van der Waals surface area contributed by atoms with Crippen molar-refractivity contribution in [1.82, 2.24) is 10.4 Å². The number of rotatable bonds is 3. The highest BCUT2D eigenvalue weighted by molar-refractivity contribution is 5.93. The summed E-state index contributed by atoms with van der Waals surface area (Å²) in [5.41, 5.74) is 6.58. The van der Waals surface area contributed by atoms with Crippen molar-refractivity contribution < 1.29 is 4.79 Å². The van der Waals surface area contributed by atoms with Crippen molar-refractivity contribution >= 4 is 17.8 Å². The minimum absolute atomic E-state index is 0.151. The Morgan fingerprint density at radius 3 is 2.88 bits per heavy atom. The summed E-state index contributed by atoms with van der Waals surface area (Å²) in [6, 6.07) is 11.5. The number of hydrogen-bond donors (Lipinski definition) is 1. The molecule has 3 rings (SSSR count). The fourth-order valence-corrected chi connectivity index (χ4v) is 3.40. The SMILES string of the molecule is C[C@H]1CC(C)(C)N(C)c2ccc(/C=N\NC(=O)c3ccccn3)cc21. The second-order valence-corrected chi connectivity index (χ2v) is 7.21. The number of aromatic nitrogens is 1. The van der Waals surface area contributed by atoms with Gasteiger partial charge in [0.15, 0.2) is 0 Å². The highest BCUT2D eigenvalue weighted by atomic mass is 16.2. The van der Waals surface area contributed by atoms with Crippen LogP contribution in [0.2, 0.25) is 0 Å². The van der Waals surface area contributed by atoms with Gasteiger partial charge >= 0.3 is 0 Å². The summed E-state index contributed by atoms with van der Waals surface area (Å²) in [6.45, 7) is 6.81. The zero-order valence-corrected chi connectivity index (χ0v) is 15.2. The van der Waals surface area contributed by atoms with Crippen LogP contribution >= 0.6 is 0 Å². The summed E-state index contributed by atoms with van der Waals surface area (Å²) in [5, 5.41) is 4.06. The van der Waals surface area contributed by atoms with Crippen molar-refractivity contribution in [1.29, 1.82) is 0 Å². The molecule has 5 heteroatoms. The van der Waals surface area contributed by atoms with Gasteiger partial charge in [-0.25, -0.2) is 5.43 Å². The van der Waals surface area contributed by atoms with Gasteiger partial charge in [0, 0.05) is 24.5 Å². The quantitative estimate of drug-likeness (QED) is 0.688. The monoisotopic (exact) mass is 336 g/mol. The van der Waals surface area contributed by atoms with Crippen molar-refractivity contribution in [2.75, 3.05) is 11.9 Å². The van der Waals surface area contributed by atoms with Crippen LogP contribution < -0.4 is 10.3 Å². The van der Waals surface area contributed by atoms with Crippen LogP contribution in [0.15, 0.2) is 47.7 Å². The maximum absolute atomic E-state index is 11.9. The predicted molar refractivity (Wildman–Crippen MR) is 101 cm³/mol. The molecule has 1 atom stereocenters. The smallest absolute Gasteiger partial charge is 0.289 e. The molecule has 1 aliphatic rings. The molecule has 0 saturated heterocycles. The van der Waals surface area contributed by atoms with Crippen molar-refractivity contribution in [2.24, 2.45) is 5.10 Å². The summed E-state index contributed by atoms with van der Waals surface area (Å²) in [7, 11) is 2.14. The topological polar surface area (TPSA) is 57.6 Å². The lowest BCUT2D eigenvalue weighted by molar-refractivity contribution is 0.0950. The lowest BCUT2D eigenvalue weighted by atomic mass is 9.80. The molecule has 1 amide bonds. The summed E-state index contributed by atoms with van der Waals surface area (Å²) in [4.78, 5) is 18.3. The maximum Gasteiger partial charge on any atom is 0.289 e. The third-order valence-corrected chi connectivity index (χ3v) is 4.93. The molecule has 0 fully saturated rings. The van der Waals surface area contributed by atoms with Crippen LogP contribution in [-0.2, 0) is 0 Å². The lowest BCUT2D eigenvalue weighted by Gasteiger charge is -2.45. The molecule has 1 aromatic heterocycles. The molecule has 0 saturated carbocycles. The molecule has 2 heterocycles. The first-order valence-electron chi connectivity index (χ1n) is 8.51. The highest BCUT2D eigenvalue weighted by Crippen LogP contribution is 2.42. The minimum Gasteiger partial charge on any atom is -0.369 e. The van der Waals surface area contributed by atoms with E-state index in [1.54, 1.807) is 30.6 Å². The van der Waals surface area contributed by atoms with Gasteiger partial charge in [-0.2, -0.15) is 5.10 Å². The molecule has 1 aromatic carbocycles. The molecule has 0 bridgehead atoms. The first kappa shape index (κ1) is 17.1. The Morgan fingerprint density at radius 2 is 2.16 bits per heavy atom. The molecule has 0 aliphatic carbocycles. The Labute approximate surface area is 148 Å². The summed E-state index contributed by atoms with van der Waals surface area (Å²) in [5.74, 6) is 0.169. The summed E-state index contributed by atoms with van der Waals surface area (Å²) >= 11 is 0. The van der Waals surface area contributed by atoms with Crippen molar-refractivity contribution in [3.8, 4) is 0 Å². The molecule has 130 valence electrons. The molecule has 2 aromatic rings. The highest BCUT2D eigenvalue weighted by Gasteiger charge is 2.33.